The molecule has 0 aromatic heterocycles. The average molecular weight is 409 g/mol. The summed E-state index contributed by atoms with van der Waals surface area (Å²) in [6.07, 6.45) is 12.7. The molecule has 4 fully saturated rings. The second-order valence-corrected chi connectivity index (χ2v) is 10.9. The normalized spacial score (nSPS) is 37.6. The van der Waals surface area contributed by atoms with Crippen LogP contribution in [0.4, 0.5) is 0 Å². The molecule has 0 unspecified atom stereocenters. The lowest BCUT2D eigenvalue weighted by molar-refractivity contribution is -0.181. The van der Waals surface area contributed by atoms with Gasteiger partial charge in [0.25, 0.3) is 0 Å². The Labute approximate surface area is 175 Å². The van der Waals surface area contributed by atoms with Crippen LogP contribution in [0.15, 0.2) is 0 Å². The second-order valence-electron chi connectivity index (χ2n) is 10.2. The number of alkyl halides is 1. The van der Waals surface area contributed by atoms with Crippen LogP contribution in [0.2, 0.25) is 0 Å². The minimum absolute atomic E-state index is 0.0934. The lowest BCUT2D eigenvalue weighted by Crippen LogP contribution is -2.74. The van der Waals surface area contributed by atoms with Gasteiger partial charge in [0.1, 0.15) is 12.1 Å². The van der Waals surface area contributed by atoms with Crippen molar-refractivity contribution in [2.24, 2.45) is 17.8 Å². The molecule has 0 aromatic rings. The Kier molecular flexibility index (Phi) is 5.98. The first-order valence-corrected chi connectivity index (χ1v) is 12.1. The molecule has 28 heavy (non-hydrogen) atoms. The Morgan fingerprint density at radius 2 is 1.61 bits per heavy atom. The average Bonchev–Trinajstić information content (AvgIpc) is 2.65. The van der Waals surface area contributed by atoms with Gasteiger partial charge in [-0.1, -0.05) is 32.1 Å². The smallest absolute Gasteiger partial charge is 0.249 e. The van der Waals surface area contributed by atoms with Gasteiger partial charge in [0.15, 0.2) is 0 Å². The first-order valence-electron chi connectivity index (χ1n) is 11.7. The van der Waals surface area contributed by atoms with Crippen LogP contribution in [-0.2, 0) is 9.59 Å². The van der Waals surface area contributed by atoms with Crippen LogP contribution in [0, 0.1) is 17.8 Å². The van der Waals surface area contributed by atoms with Crippen LogP contribution in [0.25, 0.3) is 0 Å². The minimum atomic E-state index is -0.542. The molecule has 1 spiro atoms. The van der Waals surface area contributed by atoms with Crippen LogP contribution in [0.1, 0.15) is 84.5 Å². The standard InChI is InChI=1S/C23H37ClN2O2/c1-16(2)25-15-21(27)26(14-17-8-10-20(24)11-9-17)23(22(25)28)12-19(13-23)18-6-4-3-5-7-18/h16-20H,3-15H2,1-2H3. The summed E-state index contributed by atoms with van der Waals surface area (Å²) in [5.74, 6) is 2.29. The zero-order chi connectivity index (χ0) is 19.9. The quantitative estimate of drug-likeness (QED) is 0.638. The third kappa shape index (κ3) is 3.70. The Balaban J connectivity index is 1.51. The summed E-state index contributed by atoms with van der Waals surface area (Å²) in [7, 11) is 0. The predicted octanol–water partition coefficient (Wildman–Crippen LogP) is 4.59. The Hall–Kier alpha value is -0.770. The molecule has 3 saturated carbocycles. The fourth-order valence-electron chi connectivity index (χ4n) is 6.32. The molecule has 4 aliphatic rings. The second kappa shape index (κ2) is 8.16. The number of halogens is 1. The van der Waals surface area contributed by atoms with Gasteiger partial charge in [-0.05, 0) is 70.1 Å². The molecule has 5 heteroatoms. The van der Waals surface area contributed by atoms with Crippen LogP contribution in [0.5, 0.6) is 0 Å². The van der Waals surface area contributed by atoms with Crippen molar-refractivity contribution in [1.82, 2.24) is 9.80 Å². The van der Waals surface area contributed by atoms with Crippen molar-refractivity contribution < 1.29 is 9.59 Å². The highest BCUT2D eigenvalue weighted by atomic mass is 35.5. The van der Waals surface area contributed by atoms with E-state index in [2.05, 4.69) is 0 Å². The number of rotatable bonds is 4. The van der Waals surface area contributed by atoms with Gasteiger partial charge in [-0.3, -0.25) is 9.59 Å². The van der Waals surface area contributed by atoms with Crippen molar-refractivity contribution in [3.05, 3.63) is 0 Å². The van der Waals surface area contributed by atoms with Gasteiger partial charge in [-0.2, -0.15) is 0 Å². The van der Waals surface area contributed by atoms with Crippen molar-refractivity contribution in [2.45, 2.75) is 101 Å². The van der Waals surface area contributed by atoms with Crippen LogP contribution in [0.3, 0.4) is 0 Å². The molecular weight excluding hydrogens is 372 g/mol. The molecular formula is C23H37ClN2O2. The lowest BCUT2D eigenvalue weighted by Gasteiger charge is -2.60. The third-order valence-electron chi connectivity index (χ3n) is 8.14. The molecule has 3 aliphatic carbocycles. The van der Waals surface area contributed by atoms with E-state index in [1.807, 2.05) is 23.6 Å². The Morgan fingerprint density at radius 3 is 2.21 bits per heavy atom. The van der Waals surface area contributed by atoms with Crippen molar-refractivity contribution in [3.63, 3.8) is 0 Å². The molecule has 0 radical (unpaired) electrons. The molecule has 0 aromatic carbocycles. The molecule has 4 rings (SSSR count). The van der Waals surface area contributed by atoms with Gasteiger partial charge in [0.05, 0.1) is 0 Å². The maximum absolute atomic E-state index is 13.6. The van der Waals surface area contributed by atoms with E-state index in [0.717, 1.165) is 51.0 Å². The van der Waals surface area contributed by atoms with E-state index < -0.39 is 5.54 Å². The lowest BCUT2D eigenvalue weighted by atomic mass is 9.58. The van der Waals surface area contributed by atoms with Crippen LogP contribution >= 0.6 is 11.6 Å². The zero-order valence-electron chi connectivity index (χ0n) is 17.7. The largest absolute Gasteiger partial charge is 0.329 e. The first kappa shape index (κ1) is 20.5. The molecule has 0 bridgehead atoms. The molecule has 2 amide bonds. The highest BCUT2D eigenvalue weighted by Gasteiger charge is 2.61. The fraction of sp³-hybridized carbons (Fsp3) is 0.913. The molecule has 0 N–H and O–H groups in total. The molecule has 0 atom stereocenters. The molecule has 1 saturated heterocycles. The van der Waals surface area contributed by atoms with E-state index in [-0.39, 0.29) is 24.4 Å². The van der Waals surface area contributed by atoms with Gasteiger partial charge < -0.3 is 9.80 Å². The SMILES string of the molecule is CC(C)N1CC(=O)N(CC2CCC(Cl)CC2)C2(CC(C3CCCCC3)C2)C1=O. The summed E-state index contributed by atoms with van der Waals surface area (Å²) in [5.41, 5.74) is -0.542. The number of carbonyl (C=O) groups is 2. The molecule has 1 heterocycles. The maximum Gasteiger partial charge on any atom is 0.249 e. The summed E-state index contributed by atoms with van der Waals surface area (Å²) in [5, 5.41) is 0.291. The zero-order valence-corrected chi connectivity index (χ0v) is 18.4. The summed E-state index contributed by atoms with van der Waals surface area (Å²) >= 11 is 6.29. The molecule has 1 aliphatic heterocycles. The van der Waals surface area contributed by atoms with Gasteiger partial charge in [-0.15, -0.1) is 11.6 Å². The number of piperazine rings is 1. The third-order valence-corrected chi connectivity index (χ3v) is 8.58. The number of carbonyl (C=O) groups excluding carboxylic acids is 2. The Morgan fingerprint density at radius 1 is 0.964 bits per heavy atom. The van der Waals surface area contributed by atoms with Crippen molar-refractivity contribution in [2.75, 3.05) is 13.1 Å². The van der Waals surface area contributed by atoms with E-state index in [1.165, 1.54) is 32.1 Å². The predicted molar refractivity (Wildman–Crippen MR) is 112 cm³/mol. The van der Waals surface area contributed by atoms with Crippen LogP contribution < -0.4 is 0 Å². The highest BCUT2D eigenvalue weighted by molar-refractivity contribution is 6.20. The highest BCUT2D eigenvalue weighted by Crippen LogP contribution is 2.52. The summed E-state index contributed by atoms with van der Waals surface area (Å²) < 4.78 is 0. The van der Waals surface area contributed by atoms with Gasteiger partial charge >= 0.3 is 0 Å². The van der Waals surface area contributed by atoms with Crippen molar-refractivity contribution in [3.8, 4) is 0 Å². The minimum Gasteiger partial charge on any atom is -0.329 e. The number of nitrogens with zero attached hydrogens (tertiary/aromatic N) is 2. The Bertz CT molecular complexity index is 587. The van der Waals surface area contributed by atoms with Gasteiger partial charge in [-0.25, -0.2) is 0 Å². The first-order chi connectivity index (χ1) is 13.4. The number of hydrogen-bond donors (Lipinski definition) is 0. The van der Waals surface area contributed by atoms with Crippen molar-refractivity contribution >= 4 is 23.4 Å². The van der Waals surface area contributed by atoms with E-state index >= 15 is 0 Å². The van der Waals surface area contributed by atoms with E-state index in [1.54, 1.807) is 0 Å². The number of amides is 2. The summed E-state index contributed by atoms with van der Waals surface area (Å²) in [6, 6.07) is 0.0934. The van der Waals surface area contributed by atoms with E-state index in [9.17, 15) is 9.59 Å². The van der Waals surface area contributed by atoms with Gasteiger partial charge in [0.2, 0.25) is 11.8 Å². The van der Waals surface area contributed by atoms with Gasteiger partial charge in [0, 0.05) is 18.0 Å². The fourth-order valence-corrected chi connectivity index (χ4v) is 6.57. The topological polar surface area (TPSA) is 40.6 Å². The van der Waals surface area contributed by atoms with Crippen LogP contribution in [-0.4, -0.2) is 51.7 Å². The maximum atomic E-state index is 13.6. The number of hydrogen-bond acceptors (Lipinski definition) is 2. The van der Waals surface area contributed by atoms with E-state index in [4.69, 9.17) is 11.6 Å². The summed E-state index contributed by atoms with van der Waals surface area (Å²) in [4.78, 5) is 30.6. The molecule has 4 nitrogen and oxygen atoms in total. The molecule has 158 valence electrons. The van der Waals surface area contributed by atoms with E-state index in [0.29, 0.717) is 17.2 Å². The monoisotopic (exact) mass is 408 g/mol. The summed E-state index contributed by atoms with van der Waals surface area (Å²) in [6.45, 7) is 5.09. The van der Waals surface area contributed by atoms with Crippen molar-refractivity contribution in [1.29, 1.82) is 0 Å².